The minimum Gasteiger partial charge on any atom is -0.299 e. The molecule has 134 valence electrons. The van der Waals surface area contributed by atoms with Crippen LogP contribution in [0.2, 0.25) is 0 Å². The lowest BCUT2D eigenvalue weighted by Crippen LogP contribution is -2.20. The number of carbonyl (C=O) groups is 1. The standard InChI is InChI=1S/C23H36O/c1-20(18-19-22(24)23(2,3)4)14-10-7-5-6-8-11-15-21-16-12-9-13-17-21/h5,7,9,12-13,16-17,20H,6,8,10-11,14-15,18-19H2,1-4H3/b7-5-. The van der Waals surface area contributed by atoms with E-state index in [1.165, 1.54) is 37.7 Å². The smallest absolute Gasteiger partial charge is 0.138 e. The molecule has 1 unspecified atom stereocenters. The molecule has 0 amide bonds. The van der Waals surface area contributed by atoms with Crippen LogP contribution in [0.15, 0.2) is 42.5 Å². The maximum absolute atomic E-state index is 11.9. The lowest BCUT2D eigenvalue weighted by Gasteiger charge is -2.18. The van der Waals surface area contributed by atoms with Gasteiger partial charge in [-0.2, -0.15) is 0 Å². The molecule has 0 bridgehead atoms. The van der Waals surface area contributed by atoms with Crippen molar-refractivity contribution in [2.24, 2.45) is 11.3 Å². The molecule has 1 rings (SSSR count). The molecular formula is C23H36O. The van der Waals surface area contributed by atoms with Gasteiger partial charge >= 0.3 is 0 Å². The van der Waals surface area contributed by atoms with Crippen LogP contribution in [-0.4, -0.2) is 5.78 Å². The first-order valence-electron chi connectivity index (χ1n) is 9.62. The molecule has 0 aliphatic carbocycles. The summed E-state index contributed by atoms with van der Waals surface area (Å²) < 4.78 is 0. The van der Waals surface area contributed by atoms with Crippen molar-refractivity contribution in [1.82, 2.24) is 0 Å². The molecular weight excluding hydrogens is 292 g/mol. The van der Waals surface area contributed by atoms with Crippen molar-refractivity contribution in [3.63, 3.8) is 0 Å². The molecule has 1 nitrogen and oxygen atoms in total. The molecule has 0 radical (unpaired) electrons. The molecule has 1 heteroatoms. The Morgan fingerprint density at radius 1 is 1.00 bits per heavy atom. The first-order chi connectivity index (χ1) is 11.4. The van der Waals surface area contributed by atoms with Crippen molar-refractivity contribution >= 4 is 5.78 Å². The molecule has 0 spiro atoms. The summed E-state index contributed by atoms with van der Waals surface area (Å²) in [6.45, 7) is 8.31. The number of Topliss-reactive ketones (excluding diaryl/α,β-unsaturated/α-hetero) is 1. The summed E-state index contributed by atoms with van der Waals surface area (Å²) in [5.74, 6) is 1.03. The fraction of sp³-hybridized carbons (Fsp3) is 0.609. The third-order valence-electron chi connectivity index (χ3n) is 4.62. The molecule has 0 aromatic heterocycles. The first-order valence-corrected chi connectivity index (χ1v) is 9.62. The van der Waals surface area contributed by atoms with E-state index in [1.807, 2.05) is 20.8 Å². The SMILES string of the molecule is CC(CC/C=C\CCCCc1ccccc1)CCC(=O)C(C)(C)C. The highest BCUT2D eigenvalue weighted by atomic mass is 16.1. The van der Waals surface area contributed by atoms with Crippen LogP contribution < -0.4 is 0 Å². The Balaban J connectivity index is 2.02. The van der Waals surface area contributed by atoms with Crippen molar-refractivity contribution in [1.29, 1.82) is 0 Å². The fourth-order valence-corrected chi connectivity index (χ4v) is 2.75. The van der Waals surface area contributed by atoms with E-state index in [0.717, 1.165) is 19.3 Å². The number of benzene rings is 1. The lowest BCUT2D eigenvalue weighted by atomic mass is 9.86. The van der Waals surface area contributed by atoms with Gasteiger partial charge in [0.25, 0.3) is 0 Å². The van der Waals surface area contributed by atoms with E-state index in [9.17, 15) is 4.79 Å². The predicted octanol–water partition coefficient (Wildman–Crippen LogP) is 6.77. The van der Waals surface area contributed by atoms with E-state index in [4.69, 9.17) is 0 Å². The van der Waals surface area contributed by atoms with Crippen LogP contribution >= 0.6 is 0 Å². The molecule has 0 fully saturated rings. The van der Waals surface area contributed by atoms with E-state index in [-0.39, 0.29) is 5.41 Å². The Hall–Kier alpha value is -1.37. The van der Waals surface area contributed by atoms with E-state index in [1.54, 1.807) is 0 Å². The Kier molecular flexibility index (Phi) is 9.67. The lowest BCUT2D eigenvalue weighted by molar-refractivity contribution is -0.126. The largest absolute Gasteiger partial charge is 0.299 e. The Morgan fingerprint density at radius 3 is 2.33 bits per heavy atom. The molecule has 1 aromatic rings. The molecule has 0 saturated heterocycles. The average Bonchev–Trinajstić information content (AvgIpc) is 2.55. The number of rotatable bonds is 11. The van der Waals surface area contributed by atoms with Gasteiger partial charge in [0.05, 0.1) is 0 Å². The van der Waals surface area contributed by atoms with E-state index < -0.39 is 0 Å². The van der Waals surface area contributed by atoms with E-state index >= 15 is 0 Å². The van der Waals surface area contributed by atoms with Gasteiger partial charge in [-0.05, 0) is 56.4 Å². The molecule has 1 aromatic carbocycles. The van der Waals surface area contributed by atoms with Crippen LogP contribution in [0.5, 0.6) is 0 Å². The van der Waals surface area contributed by atoms with Gasteiger partial charge in [-0.15, -0.1) is 0 Å². The molecule has 0 saturated carbocycles. The molecule has 1 atom stereocenters. The number of aryl methyl sites for hydroxylation is 1. The molecule has 0 heterocycles. The van der Waals surface area contributed by atoms with Crippen LogP contribution in [0.4, 0.5) is 0 Å². The van der Waals surface area contributed by atoms with Crippen molar-refractivity contribution in [2.45, 2.75) is 79.1 Å². The van der Waals surface area contributed by atoms with Gasteiger partial charge in [0, 0.05) is 11.8 Å². The Labute approximate surface area is 149 Å². The number of carbonyl (C=O) groups excluding carboxylic acids is 1. The summed E-state index contributed by atoms with van der Waals surface area (Å²) in [7, 11) is 0. The number of ketones is 1. The first kappa shape index (κ1) is 20.7. The monoisotopic (exact) mass is 328 g/mol. The summed E-state index contributed by atoms with van der Waals surface area (Å²) in [4.78, 5) is 11.9. The number of unbranched alkanes of at least 4 members (excludes halogenated alkanes) is 2. The Morgan fingerprint density at radius 2 is 1.67 bits per heavy atom. The van der Waals surface area contributed by atoms with E-state index in [2.05, 4.69) is 49.4 Å². The zero-order valence-electron chi connectivity index (χ0n) is 16.2. The topological polar surface area (TPSA) is 17.1 Å². The third-order valence-corrected chi connectivity index (χ3v) is 4.62. The van der Waals surface area contributed by atoms with Gasteiger partial charge in [-0.1, -0.05) is 70.2 Å². The number of hydrogen-bond donors (Lipinski definition) is 0. The van der Waals surface area contributed by atoms with Gasteiger partial charge in [0.2, 0.25) is 0 Å². The van der Waals surface area contributed by atoms with E-state index in [0.29, 0.717) is 11.7 Å². The van der Waals surface area contributed by atoms with Crippen LogP contribution in [0, 0.1) is 11.3 Å². The zero-order valence-corrected chi connectivity index (χ0v) is 16.2. The minimum atomic E-state index is -0.181. The summed E-state index contributed by atoms with van der Waals surface area (Å²) in [6, 6.07) is 10.7. The second kappa shape index (κ2) is 11.2. The van der Waals surface area contributed by atoms with Crippen LogP contribution in [-0.2, 0) is 11.2 Å². The quantitative estimate of drug-likeness (QED) is 0.324. The molecule has 0 N–H and O–H groups in total. The summed E-state index contributed by atoms with van der Waals surface area (Å²) in [5.41, 5.74) is 1.26. The van der Waals surface area contributed by atoms with Gasteiger partial charge in [0.15, 0.2) is 0 Å². The van der Waals surface area contributed by atoms with Crippen LogP contribution in [0.25, 0.3) is 0 Å². The third kappa shape index (κ3) is 9.70. The van der Waals surface area contributed by atoms with Crippen molar-refractivity contribution in [2.75, 3.05) is 0 Å². The van der Waals surface area contributed by atoms with Crippen molar-refractivity contribution < 1.29 is 4.79 Å². The second-order valence-corrected chi connectivity index (χ2v) is 8.10. The highest BCUT2D eigenvalue weighted by Gasteiger charge is 2.20. The van der Waals surface area contributed by atoms with Gasteiger partial charge in [-0.25, -0.2) is 0 Å². The average molecular weight is 329 g/mol. The second-order valence-electron chi connectivity index (χ2n) is 8.10. The van der Waals surface area contributed by atoms with Crippen LogP contribution in [0.3, 0.4) is 0 Å². The van der Waals surface area contributed by atoms with Crippen LogP contribution in [0.1, 0.15) is 78.2 Å². The highest BCUT2D eigenvalue weighted by molar-refractivity contribution is 5.83. The normalized spacial score (nSPS) is 13.3. The molecule has 0 aliphatic heterocycles. The maximum Gasteiger partial charge on any atom is 0.138 e. The summed E-state index contributed by atoms with van der Waals surface area (Å²) >= 11 is 0. The van der Waals surface area contributed by atoms with Gasteiger partial charge in [0.1, 0.15) is 5.78 Å². The minimum absolute atomic E-state index is 0.181. The maximum atomic E-state index is 11.9. The Bertz CT molecular complexity index is 479. The highest BCUT2D eigenvalue weighted by Crippen LogP contribution is 2.21. The molecule has 0 aliphatic rings. The summed E-state index contributed by atoms with van der Waals surface area (Å²) in [5, 5.41) is 0. The summed E-state index contributed by atoms with van der Waals surface area (Å²) in [6.07, 6.45) is 13.6. The van der Waals surface area contributed by atoms with Gasteiger partial charge < -0.3 is 0 Å². The molecule has 24 heavy (non-hydrogen) atoms. The number of hydrogen-bond acceptors (Lipinski definition) is 1. The van der Waals surface area contributed by atoms with Gasteiger partial charge in [-0.3, -0.25) is 4.79 Å². The van der Waals surface area contributed by atoms with Crippen molar-refractivity contribution in [3.05, 3.63) is 48.0 Å². The van der Waals surface area contributed by atoms with Crippen molar-refractivity contribution in [3.8, 4) is 0 Å². The zero-order chi connectivity index (χ0) is 17.8. The number of allylic oxidation sites excluding steroid dienone is 2. The fourth-order valence-electron chi connectivity index (χ4n) is 2.75. The predicted molar refractivity (Wildman–Crippen MR) is 105 cm³/mol.